The summed E-state index contributed by atoms with van der Waals surface area (Å²) < 4.78 is 22.5. The van der Waals surface area contributed by atoms with Crippen LogP contribution in [0.2, 0.25) is 0 Å². The van der Waals surface area contributed by atoms with Crippen molar-refractivity contribution >= 4 is 11.0 Å². The highest BCUT2D eigenvalue weighted by molar-refractivity contribution is 5.80. The van der Waals surface area contributed by atoms with E-state index < -0.39 is 0 Å². The van der Waals surface area contributed by atoms with Crippen LogP contribution in [0.1, 0.15) is 17.5 Å². The van der Waals surface area contributed by atoms with E-state index in [1.54, 1.807) is 12.1 Å². The van der Waals surface area contributed by atoms with Gasteiger partial charge >= 0.3 is 0 Å². The lowest BCUT2D eigenvalue weighted by atomic mass is 10.1. The van der Waals surface area contributed by atoms with Crippen LogP contribution in [0.15, 0.2) is 66.7 Å². The summed E-state index contributed by atoms with van der Waals surface area (Å²) in [4.78, 5) is 4.69. The van der Waals surface area contributed by atoms with Crippen molar-refractivity contribution in [1.29, 1.82) is 0 Å². The molecule has 0 N–H and O–H groups in total. The Labute approximate surface area is 164 Å². The van der Waals surface area contributed by atoms with E-state index in [2.05, 4.69) is 29.5 Å². The van der Waals surface area contributed by atoms with Crippen molar-refractivity contribution in [3.05, 3.63) is 83.7 Å². The van der Waals surface area contributed by atoms with Crippen LogP contribution in [0.25, 0.3) is 22.4 Å². The zero-order valence-electron chi connectivity index (χ0n) is 16.2. The van der Waals surface area contributed by atoms with E-state index in [0.717, 1.165) is 23.2 Å². The van der Waals surface area contributed by atoms with E-state index in [1.165, 1.54) is 17.2 Å². The second-order valence-corrected chi connectivity index (χ2v) is 6.96. The van der Waals surface area contributed by atoms with Gasteiger partial charge < -0.3 is 9.30 Å². The minimum Gasteiger partial charge on any atom is -0.493 e. The minimum absolute atomic E-state index is 0.259. The highest BCUT2D eigenvalue weighted by atomic mass is 19.1. The third kappa shape index (κ3) is 3.50. The summed E-state index contributed by atoms with van der Waals surface area (Å²) in [6.07, 6.45) is 0.801. The third-order valence-corrected chi connectivity index (χ3v) is 5.11. The highest BCUT2D eigenvalue weighted by Crippen LogP contribution is 2.27. The molecule has 0 amide bonds. The van der Waals surface area contributed by atoms with Gasteiger partial charge in [0.25, 0.3) is 0 Å². The first-order valence-corrected chi connectivity index (χ1v) is 9.54. The van der Waals surface area contributed by atoms with Crippen molar-refractivity contribution in [3.8, 4) is 17.1 Å². The van der Waals surface area contributed by atoms with Gasteiger partial charge in [-0.3, -0.25) is 0 Å². The van der Waals surface area contributed by atoms with Crippen molar-refractivity contribution in [3.63, 3.8) is 0 Å². The van der Waals surface area contributed by atoms with Gasteiger partial charge in [-0.1, -0.05) is 36.4 Å². The zero-order valence-corrected chi connectivity index (χ0v) is 16.2. The zero-order chi connectivity index (χ0) is 19.5. The Balaban J connectivity index is 1.57. The first-order valence-electron chi connectivity index (χ1n) is 9.54. The van der Waals surface area contributed by atoms with Crippen LogP contribution in [0.4, 0.5) is 4.39 Å². The number of para-hydroxylation sites is 2. The molecule has 0 bridgehead atoms. The molecule has 1 heterocycles. The first kappa shape index (κ1) is 18.2. The normalized spacial score (nSPS) is 11.1. The second kappa shape index (κ2) is 7.85. The average molecular weight is 374 g/mol. The van der Waals surface area contributed by atoms with E-state index in [9.17, 15) is 4.39 Å². The number of aromatic nitrogens is 2. The number of hydrogen-bond donors (Lipinski definition) is 0. The number of aryl methyl sites for hydroxylation is 2. The Bertz CT molecular complexity index is 1120. The fourth-order valence-electron chi connectivity index (χ4n) is 3.44. The van der Waals surface area contributed by atoms with E-state index in [0.29, 0.717) is 24.5 Å². The molecule has 1 aromatic heterocycles. The largest absolute Gasteiger partial charge is 0.493 e. The maximum absolute atomic E-state index is 14.4. The first-order chi connectivity index (χ1) is 13.6. The maximum atomic E-state index is 14.4. The van der Waals surface area contributed by atoms with Gasteiger partial charge in [0.15, 0.2) is 0 Å². The summed E-state index contributed by atoms with van der Waals surface area (Å²) in [5, 5.41) is 0. The number of nitrogens with zero attached hydrogens (tertiary/aromatic N) is 2. The van der Waals surface area contributed by atoms with Gasteiger partial charge in [0.05, 0.1) is 23.2 Å². The van der Waals surface area contributed by atoms with Crippen molar-refractivity contribution < 1.29 is 9.13 Å². The van der Waals surface area contributed by atoms with Crippen LogP contribution < -0.4 is 4.74 Å². The van der Waals surface area contributed by atoms with E-state index >= 15 is 0 Å². The molecule has 0 atom stereocenters. The molecule has 0 fully saturated rings. The Kier molecular flexibility index (Phi) is 5.11. The SMILES string of the molecule is Cc1cccc(OCCCn2c(-c3ccccc3F)nc3ccccc32)c1C. The summed E-state index contributed by atoms with van der Waals surface area (Å²) in [7, 11) is 0. The summed E-state index contributed by atoms with van der Waals surface area (Å²) in [6.45, 7) is 5.45. The Morgan fingerprint density at radius 2 is 1.71 bits per heavy atom. The van der Waals surface area contributed by atoms with Crippen molar-refractivity contribution in [1.82, 2.24) is 9.55 Å². The minimum atomic E-state index is -0.259. The van der Waals surface area contributed by atoms with Crippen LogP contribution in [-0.2, 0) is 6.54 Å². The molecule has 28 heavy (non-hydrogen) atoms. The lowest BCUT2D eigenvalue weighted by Gasteiger charge is -2.13. The summed E-state index contributed by atoms with van der Waals surface area (Å²) in [6, 6.07) is 20.8. The Morgan fingerprint density at radius 1 is 0.929 bits per heavy atom. The Morgan fingerprint density at radius 3 is 2.57 bits per heavy atom. The molecule has 142 valence electrons. The molecule has 0 aliphatic rings. The molecule has 0 aliphatic heterocycles. The van der Waals surface area contributed by atoms with Crippen LogP contribution in [-0.4, -0.2) is 16.2 Å². The monoisotopic (exact) mass is 374 g/mol. The van der Waals surface area contributed by atoms with Gasteiger partial charge in [0.2, 0.25) is 0 Å². The molecule has 0 radical (unpaired) electrons. The van der Waals surface area contributed by atoms with E-state index in [4.69, 9.17) is 4.74 Å². The smallest absolute Gasteiger partial charge is 0.144 e. The standard InChI is InChI=1S/C24H23FN2O/c1-17-9-7-14-23(18(17)2)28-16-8-15-27-22-13-6-5-12-21(22)26-24(27)19-10-3-4-11-20(19)25/h3-7,9-14H,8,15-16H2,1-2H3. The molecular weight excluding hydrogens is 351 g/mol. The van der Waals surface area contributed by atoms with Gasteiger partial charge in [-0.15, -0.1) is 0 Å². The molecule has 4 aromatic rings. The number of halogens is 1. The molecule has 4 heteroatoms. The number of benzene rings is 3. The average Bonchev–Trinajstić information content (AvgIpc) is 3.07. The molecular formula is C24H23FN2O. The maximum Gasteiger partial charge on any atom is 0.144 e. The van der Waals surface area contributed by atoms with Crippen molar-refractivity contribution in [2.24, 2.45) is 0 Å². The van der Waals surface area contributed by atoms with Crippen molar-refractivity contribution in [2.45, 2.75) is 26.8 Å². The topological polar surface area (TPSA) is 27.1 Å². The van der Waals surface area contributed by atoms with Crippen LogP contribution in [0.5, 0.6) is 5.75 Å². The quantitative estimate of drug-likeness (QED) is 0.391. The fourth-order valence-corrected chi connectivity index (χ4v) is 3.44. The molecule has 0 saturated heterocycles. The van der Waals surface area contributed by atoms with Crippen LogP contribution >= 0.6 is 0 Å². The number of rotatable bonds is 6. The molecule has 4 rings (SSSR count). The molecule has 0 unspecified atom stereocenters. The van der Waals surface area contributed by atoms with Crippen LogP contribution in [0.3, 0.4) is 0 Å². The number of imidazole rings is 1. The second-order valence-electron chi connectivity index (χ2n) is 6.96. The van der Waals surface area contributed by atoms with Crippen LogP contribution in [0, 0.1) is 19.7 Å². The predicted molar refractivity (Wildman–Crippen MR) is 111 cm³/mol. The molecule has 0 saturated carbocycles. The van der Waals surface area contributed by atoms with Gasteiger partial charge in [0, 0.05) is 6.54 Å². The number of ether oxygens (including phenoxy) is 1. The van der Waals surface area contributed by atoms with Crippen molar-refractivity contribution in [2.75, 3.05) is 6.61 Å². The summed E-state index contributed by atoms with van der Waals surface area (Å²) in [5.74, 6) is 1.32. The molecule has 0 aliphatic carbocycles. The lowest BCUT2D eigenvalue weighted by Crippen LogP contribution is -2.07. The summed E-state index contributed by atoms with van der Waals surface area (Å²) in [5.41, 5.74) is 4.79. The highest BCUT2D eigenvalue weighted by Gasteiger charge is 2.15. The molecule has 0 spiro atoms. The van der Waals surface area contributed by atoms with Gasteiger partial charge in [0.1, 0.15) is 17.4 Å². The number of fused-ring (bicyclic) bond motifs is 1. The predicted octanol–water partition coefficient (Wildman–Crippen LogP) is 5.93. The van der Waals surface area contributed by atoms with Gasteiger partial charge in [-0.05, 0) is 61.7 Å². The molecule has 3 aromatic carbocycles. The van der Waals surface area contributed by atoms with E-state index in [1.807, 2.05) is 42.5 Å². The van der Waals surface area contributed by atoms with Gasteiger partial charge in [-0.2, -0.15) is 0 Å². The Hall–Kier alpha value is -3.14. The lowest BCUT2D eigenvalue weighted by molar-refractivity contribution is 0.300. The number of hydrogen-bond acceptors (Lipinski definition) is 2. The van der Waals surface area contributed by atoms with E-state index in [-0.39, 0.29) is 5.82 Å². The fraction of sp³-hybridized carbons (Fsp3) is 0.208. The summed E-state index contributed by atoms with van der Waals surface area (Å²) >= 11 is 0. The van der Waals surface area contributed by atoms with Gasteiger partial charge in [-0.25, -0.2) is 9.37 Å². The third-order valence-electron chi connectivity index (χ3n) is 5.11. The molecule has 3 nitrogen and oxygen atoms in total.